The van der Waals surface area contributed by atoms with Gasteiger partial charge in [-0.05, 0) is 38.0 Å². The fraction of sp³-hybridized carbons (Fsp3) is 0.500. The maximum absolute atomic E-state index is 11.9. The lowest BCUT2D eigenvalue weighted by Gasteiger charge is -2.22. The van der Waals surface area contributed by atoms with Gasteiger partial charge in [0.2, 0.25) is 0 Å². The van der Waals surface area contributed by atoms with E-state index < -0.39 is 11.9 Å². The van der Waals surface area contributed by atoms with Gasteiger partial charge in [0.05, 0.1) is 7.11 Å². The van der Waals surface area contributed by atoms with Gasteiger partial charge in [0, 0.05) is 11.6 Å². The molecule has 25 heavy (non-hydrogen) atoms. The van der Waals surface area contributed by atoms with E-state index in [0.29, 0.717) is 17.1 Å². The molecule has 1 aliphatic rings. The topological polar surface area (TPSA) is 93.7 Å². The number of rotatable bonds is 6. The van der Waals surface area contributed by atoms with Crippen molar-refractivity contribution in [3.63, 3.8) is 0 Å². The number of methoxy groups -OCH3 is 1. The first-order chi connectivity index (χ1) is 12.0. The molecule has 0 heterocycles. The Hall–Kier alpha value is -2.57. The molecule has 0 saturated heterocycles. The number of benzene rings is 1. The highest BCUT2D eigenvalue weighted by Gasteiger charge is 2.17. The van der Waals surface area contributed by atoms with Gasteiger partial charge in [0.15, 0.2) is 23.9 Å². The Morgan fingerprint density at radius 3 is 2.48 bits per heavy atom. The van der Waals surface area contributed by atoms with Gasteiger partial charge >= 0.3 is 6.03 Å². The van der Waals surface area contributed by atoms with Crippen molar-refractivity contribution in [3.05, 3.63) is 23.8 Å². The Balaban J connectivity index is 1.82. The lowest BCUT2D eigenvalue weighted by atomic mass is 9.96. The van der Waals surface area contributed by atoms with Gasteiger partial charge < -0.3 is 14.8 Å². The number of hydrogen-bond acceptors (Lipinski definition) is 5. The first-order valence-corrected chi connectivity index (χ1v) is 8.41. The third kappa shape index (κ3) is 5.77. The Labute approximate surface area is 147 Å². The van der Waals surface area contributed by atoms with Crippen molar-refractivity contribution in [1.82, 2.24) is 10.6 Å². The van der Waals surface area contributed by atoms with Gasteiger partial charge in [0.25, 0.3) is 5.91 Å². The molecule has 1 aliphatic carbocycles. The molecular formula is C18H24N2O5. The maximum Gasteiger partial charge on any atom is 0.321 e. The van der Waals surface area contributed by atoms with E-state index in [1.807, 2.05) is 0 Å². The number of imide groups is 1. The van der Waals surface area contributed by atoms with Crippen molar-refractivity contribution in [2.75, 3.05) is 13.7 Å². The van der Waals surface area contributed by atoms with Crippen molar-refractivity contribution in [2.24, 2.45) is 0 Å². The molecule has 7 nitrogen and oxygen atoms in total. The Morgan fingerprint density at radius 1 is 1.12 bits per heavy atom. The predicted molar refractivity (Wildman–Crippen MR) is 92.0 cm³/mol. The number of hydrogen-bond donors (Lipinski definition) is 2. The summed E-state index contributed by atoms with van der Waals surface area (Å²) >= 11 is 0. The molecule has 0 atom stereocenters. The zero-order valence-electron chi connectivity index (χ0n) is 14.6. The maximum atomic E-state index is 11.9. The van der Waals surface area contributed by atoms with Crippen LogP contribution in [0.5, 0.6) is 11.5 Å². The molecule has 2 N–H and O–H groups in total. The van der Waals surface area contributed by atoms with Crippen LogP contribution in [0.1, 0.15) is 49.4 Å². The van der Waals surface area contributed by atoms with Gasteiger partial charge in [-0.2, -0.15) is 0 Å². The summed E-state index contributed by atoms with van der Waals surface area (Å²) in [5.74, 6) is 0.0375. The van der Waals surface area contributed by atoms with Crippen LogP contribution in [-0.4, -0.2) is 37.5 Å². The van der Waals surface area contributed by atoms with E-state index in [0.717, 1.165) is 25.7 Å². The minimum atomic E-state index is -0.550. The summed E-state index contributed by atoms with van der Waals surface area (Å²) in [5.41, 5.74) is 0.487. The molecule has 1 aromatic rings. The highest BCUT2D eigenvalue weighted by molar-refractivity contribution is 5.95. The van der Waals surface area contributed by atoms with E-state index in [-0.39, 0.29) is 18.4 Å². The molecule has 0 radical (unpaired) electrons. The minimum Gasteiger partial charge on any atom is -0.493 e. The molecular weight excluding hydrogens is 324 g/mol. The van der Waals surface area contributed by atoms with Gasteiger partial charge in [0.1, 0.15) is 0 Å². The van der Waals surface area contributed by atoms with Crippen molar-refractivity contribution in [2.45, 2.75) is 45.1 Å². The number of ketones is 1. The number of Topliss-reactive ketones (excluding diaryl/α,β-unsaturated/α-hetero) is 1. The molecule has 7 heteroatoms. The van der Waals surface area contributed by atoms with Crippen LogP contribution in [-0.2, 0) is 4.79 Å². The van der Waals surface area contributed by atoms with Gasteiger partial charge in [-0.25, -0.2) is 4.79 Å². The van der Waals surface area contributed by atoms with Crippen molar-refractivity contribution < 1.29 is 23.9 Å². The Kier molecular flexibility index (Phi) is 6.80. The fourth-order valence-corrected chi connectivity index (χ4v) is 2.78. The summed E-state index contributed by atoms with van der Waals surface area (Å²) in [6.45, 7) is 1.13. The Morgan fingerprint density at radius 2 is 1.84 bits per heavy atom. The van der Waals surface area contributed by atoms with Gasteiger partial charge in [-0.1, -0.05) is 19.3 Å². The fourth-order valence-electron chi connectivity index (χ4n) is 2.78. The van der Waals surface area contributed by atoms with E-state index in [4.69, 9.17) is 9.47 Å². The van der Waals surface area contributed by atoms with Crippen LogP contribution in [0, 0.1) is 0 Å². The van der Waals surface area contributed by atoms with E-state index >= 15 is 0 Å². The summed E-state index contributed by atoms with van der Waals surface area (Å²) in [7, 11) is 1.45. The predicted octanol–water partition coefficient (Wildman–Crippen LogP) is 2.44. The SMILES string of the molecule is COc1cc(C(C)=O)ccc1OCC(=O)NC(=O)NC1CCCCC1. The number of amides is 3. The monoisotopic (exact) mass is 348 g/mol. The summed E-state index contributed by atoms with van der Waals surface area (Å²) in [6, 6.07) is 4.32. The summed E-state index contributed by atoms with van der Waals surface area (Å²) in [6.07, 6.45) is 5.27. The molecule has 0 spiro atoms. The van der Waals surface area contributed by atoms with Crippen molar-refractivity contribution >= 4 is 17.7 Å². The number of carbonyl (C=O) groups excluding carboxylic acids is 3. The van der Waals surface area contributed by atoms with Crippen molar-refractivity contribution in [3.8, 4) is 11.5 Å². The van der Waals surface area contributed by atoms with Crippen LogP contribution in [0.3, 0.4) is 0 Å². The number of ether oxygens (including phenoxy) is 2. The van der Waals surface area contributed by atoms with Crippen LogP contribution in [0.15, 0.2) is 18.2 Å². The minimum absolute atomic E-state index is 0.0954. The smallest absolute Gasteiger partial charge is 0.321 e. The van der Waals surface area contributed by atoms with Crippen LogP contribution in [0.4, 0.5) is 4.79 Å². The number of nitrogens with one attached hydrogen (secondary N) is 2. The summed E-state index contributed by atoms with van der Waals surface area (Å²) < 4.78 is 10.5. The third-order valence-electron chi connectivity index (χ3n) is 4.12. The number of carbonyl (C=O) groups is 3. The first kappa shape index (κ1) is 18.8. The van der Waals surface area contributed by atoms with Crippen LogP contribution in [0.25, 0.3) is 0 Å². The van der Waals surface area contributed by atoms with Crippen LogP contribution in [0.2, 0.25) is 0 Å². The average molecular weight is 348 g/mol. The highest BCUT2D eigenvalue weighted by Crippen LogP contribution is 2.28. The normalized spacial score (nSPS) is 14.5. The third-order valence-corrected chi connectivity index (χ3v) is 4.12. The molecule has 0 bridgehead atoms. The van der Waals surface area contributed by atoms with Crippen LogP contribution < -0.4 is 20.1 Å². The summed E-state index contributed by atoms with van der Waals surface area (Å²) in [5, 5.41) is 5.06. The quantitative estimate of drug-likeness (QED) is 0.770. The zero-order valence-corrected chi connectivity index (χ0v) is 14.6. The van der Waals surface area contributed by atoms with E-state index in [1.54, 1.807) is 18.2 Å². The standard InChI is InChI=1S/C18H24N2O5/c1-12(21)13-8-9-15(16(10-13)24-2)25-11-17(22)20-18(23)19-14-6-4-3-5-7-14/h8-10,14H,3-7,11H2,1-2H3,(H2,19,20,22,23). The molecule has 1 aromatic carbocycles. The van der Waals surface area contributed by atoms with E-state index in [9.17, 15) is 14.4 Å². The average Bonchev–Trinajstić information content (AvgIpc) is 2.60. The summed E-state index contributed by atoms with van der Waals surface area (Å²) in [4.78, 5) is 35.0. The Bertz CT molecular complexity index is 638. The zero-order chi connectivity index (χ0) is 18.2. The molecule has 136 valence electrons. The second-order valence-electron chi connectivity index (χ2n) is 6.07. The molecule has 0 aromatic heterocycles. The number of urea groups is 1. The molecule has 0 aliphatic heterocycles. The van der Waals surface area contributed by atoms with Crippen LogP contribution >= 0.6 is 0 Å². The molecule has 1 fully saturated rings. The van der Waals surface area contributed by atoms with Gasteiger partial charge in [-0.3, -0.25) is 14.9 Å². The second kappa shape index (κ2) is 9.05. The van der Waals surface area contributed by atoms with E-state index in [2.05, 4.69) is 10.6 Å². The molecule has 3 amide bonds. The highest BCUT2D eigenvalue weighted by atomic mass is 16.5. The lowest BCUT2D eigenvalue weighted by molar-refractivity contribution is -0.122. The van der Waals surface area contributed by atoms with Gasteiger partial charge in [-0.15, -0.1) is 0 Å². The largest absolute Gasteiger partial charge is 0.493 e. The van der Waals surface area contributed by atoms with Crippen molar-refractivity contribution in [1.29, 1.82) is 0 Å². The molecule has 1 saturated carbocycles. The molecule has 0 unspecified atom stereocenters. The van der Waals surface area contributed by atoms with E-state index in [1.165, 1.54) is 20.5 Å². The lowest BCUT2D eigenvalue weighted by Crippen LogP contribution is -2.46. The molecule has 2 rings (SSSR count). The second-order valence-corrected chi connectivity index (χ2v) is 6.07. The first-order valence-electron chi connectivity index (χ1n) is 8.41.